The normalized spacial score (nSPS) is 18.7. The molecule has 1 saturated heterocycles. The first-order valence-electron chi connectivity index (χ1n) is 6.46. The minimum absolute atomic E-state index is 0.211. The molecule has 108 valence electrons. The van der Waals surface area contributed by atoms with Crippen molar-refractivity contribution in [3.63, 3.8) is 0 Å². The van der Waals surface area contributed by atoms with Crippen molar-refractivity contribution in [2.24, 2.45) is 5.92 Å². The summed E-state index contributed by atoms with van der Waals surface area (Å²) in [6.07, 6.45) is -1.81. The smallest absolute Gasteiger partial charge is 0.362 e. The topological polar surface area (TPSA) is 28.2 Å². The van der Waals surface area contributed by atoms with Gasteiger partial charge in [-0.05, 0) is 32.9 Å². The van der Waals surface area contributed by atoms with Gasteiger partial charge < -0.3 is 5.32 Å². The summed E-state index contributed by atoms with van der Waals surface area (Å²) in [6.45, 7) is 4.55. The summed E-state index contributed by atoms with van der Waals surface area (Å²) in [7, 11) is 0. The first kappa shape index (κ1) is 14.6. The molecule has 0 unspecified atom stereocenters. The molecule has 0 atom stereocenters. The summed E-state index contributed by atoms with van der Waals surface area (Å²) < 4.78 is 37.6. The molecule has 1 aliphatic rings. The van der Waals surface area contributed by atoms with Crippen LogP contribution in [-0.2, 0) is 6.54 Å². The lowest BCUT2D eigenvalue weighted by Crippen LogP contribution is -2.38. The molecule has 1 aromatic heterocycles. The fourth-order valence-corrected chi connectivity index (χ4v) is 3.18. The highest BCUT2D eigenvalue weighted by Gasteiger charge is 2.40. The number of thiazole rings is 1. The minimum atomic E-state index is -4.03. The van der Waals surface area contributed by atoms with Gasteiger partial charge in [0.25, 0.3) is 0 Å². The van der Waals surface area contributed by atoms with E-state index in [0.29, 0.717) is 19.6 Å². The summed E-state index contributed by atoms with van der Waals surface area (Å²) in [5, 5.41) is 4.01. The molecule has 0 radical (unpaired) electrons. The highest BCUT2D eigenvalue weighted by Crippen LogP contribution is 2.34. The zero-order valence-electron chi connectivity index (χ0n) is 10.8. The van der Waals surface area contributed by atoms with Gasteiger partial charge in [0.15, 0.2) is 5.13 Å². The molecule has 0 aromatic carbocycles. The lowest BCUT2D eigenvalue weighted by molar-refractivity contribution is -0.185. The van der Waals surface area contributed by atoms with Crippen molar-refractivity contribution in [1.29, 1.82) is 0 Å². The van der Waals surface area contributed by atoms with Crippen LogP contribution >= 0.6 is 11.3 Å². The molecule has 19 heavy (non-hydrogen) atoms. The van der Waals surface area contributed by atoms with E-state index in [1.54, 1.807) is 17.5 Å². The molecule has 0 saturated carbocycles. The summed E-state index contributed by atoms with van der Waals surface area (Å²) in [5.74, 6) is -1.12. The third kappa shape index (κ3) is 4.07. The molecule has 1 aliphatic heterocycles. The van der Waals surface area contributed by atoms with Gasteiger partial charge in [0.2, 0.25) is 0 Å². The number of nitrogens with zero attached hydrogens (tertiary/aromatic N) is 2. The van der Waals surface area contributed by atoms with Crippen LogP contribution in [0.5, 0.6) is 0 Å². The highest BCUT2D eigenvalue weighted by molar-refractivity contribution is 7.15. The minimum Gasteiger partial charge on any atom is -0.362 e. The number of rotatable bonds is 4. The molecule has 1 N–H and O–H groups in total. The van der Waals surface area contributed by atoms with Gasteiger partial charge >= 0.3 is 6.18 Å². The summed E-state index contributed by atoms with van der Waals surface area (Å²) in [4.78, 5) is 7.40. The Kier molecular flexibility index (Phi) is 4.67. The summed E-state index contributed by atoms with van der Waals surface area (Å²) in [5.41, 5.74) is 0. The van der Waals surface area contributed by atoms with E-state index in [1.165, 1.54) is 0 Å². The number of alkyl halides is 3. The maximum atomic E-state index is 12.5. The maximum absolute atomic E-state index is 12.5. The number of nitrogens with one attached hydrogen (secondary N) is 1. The Morgan fingerprint density at radius 3 is 2.68 bits per heavy atom. The van der Waals surface area contributed by atoms with Crippen LogP contribution in [0.2, 0.25) is 0 Å². The van der Waals surface area contributed by atoms with Crippen LogP contribution in [0.3, 0.4) is 0 Å². The molecule has 0 spiro atoms. The number of likely N-dealkylation sites (tertiary alicyclic amines) is 1. The standard InChI is InChI=1S/C12H18F3N3S/c1-2-16-11-17-7-10(19-11)8-18-5-3-9(4-6-18)12(13,14)15/h7,9H,2-6,8H2,1H3,(H,16,17). The van der Waals surface area contributed by atoms with Crippen LogP contribution < -0.4 is 5.32 Å². The van der Waals surface area contributed by atoms with E-state index in [9.17, 15) is 13.2 Å². The van der Waals surface area contributed by atoms with E-state index in [1.807, 2.05) is 6.92 Å². The fraction of sp³-hybridized carbons (Fsp3) is 0.750. The van der Waals surface area contributed by atoms with Crippen molar-refractivity contribution >= 4 is 16.5 Å². The third-order valence-electron chi connectivity index (χ3n) is 3.31. The van der Waals surface area contributed by atoms with E-state index < -0.39 is 12.1 Å². The van der Waals surface area contributed by atoms with Gasteiger partial charge in [0.05, 0.1) is 5.92 Å². The number of hydrogen-bond acceptors (Lipinski definition) is 4. The molecule has 0 bridgehead atoms. The quantitative estimate of drug-likeness (QED) is 0.922. The highest BCUT2D eigenvalue weighted by atomic mass is 32.1. The zero-order valence-corrected chi connectivity index (χ0v) is 11.7. The number of aromatic nitrogens is 1. The van der Waals surface area contributed by atoms with Crippen LogP contribution in [0.15, 0.2) is 6.20 Å². The van der Waals surface area contributed by atoms with Crippen molar-refractivity contribution in [3.8, 4) is 0 Å². The molecule has 3 nitrogen and oxygen atoms in total. The predicted octanol–water partition coefficient (Wildman–Crippen LogP) is 3.35. The Bertz CT molecular complexity index is 397. The van der Waals surface area contributed by atoms with Gasteiger partial charge in [-0.15, -0.1) is 11.3 Å². The van der Waals surface area contributed by atoms with Gasteiger partial charge in [-0.2, -0.15) is 13.2 Å². The fourth-order valence-electron chi connectivity index (χ4n) is 2.25. The molecule has 1 fully saturated rings. The van der Waals surface area contributed by atoms with Crippen LogP contribution in [-0.4, -0.2) is 35.7 Å². The first-order chi connectivity index (χ1) is 8.99. The molecular formula is C12H18F3N3S. The Morgan fingerprint density at radius 1 is 1.42 bits per heavy atom. The molecule has 2 heterocycles. The van der Waals surface area contributed by atoms with Crippen LogP contribution in [0, 0.1) is 5.92 Å². The average Bonchev–Trinajstić information content (AvgIpc) is 2.77. The number of halogens is 3. The van der Waals surface area contributed by atoms with Crippen LogP contribution in [0.25, 0.3) is 0 Å². The second-order valence-electron chi connectivity index (χ2n) is 4.75. The van der Waals surface area contributed by atoms with Crippen molar-refractivity contribution < 1.29 is 13.2 Å². The van der Waals surface area contributed by atoms with Crippen LogP contribution in [0.4, 0.5) is 18.3 Å². The Hall–Kier alpha value is -0.820. The number of anilines is 1. The summed E-state index contributed by atoms with van der Waals surface area (Å²) in [6, 6.07) is 0. The van der Waals surface area contributed by atoms with Crippen LogP contribution in [0.1, 0.15) is 24.6 Å². The molecule has 0 amide bonds. The third-order valence-corrected chi connectivity index (χ3v) is 4.25. The molecule has 1 aromatic rings. The van der Waals surface area contributed by atoms with Crippen molar-refractivity contribution in [2.75, 3.05) is 25.0 Å². The van der Waals surface area contributed by atoms with Crippen molar-refractivity contribution in [2.45, 2.75) is 32.5 Å². The van der Waals surface area contributed by atoms with Gasteiger partial charge in [-0.1, -0.05) is 0 Å². The lowest BCUT2D eigenvalue weighted by Gasteiger charge is -2.32. The summed E-state index contributed by atoms with van der Waals surface area (Å²) >= 11 is 1.57. The second kappa shape index (κ2) is 6.09. The van der Waals surface area contributed by atoms with E-state index in [0.717, 1.165) is 16.6 Å². The Labute approximate surface area is 114 Å². The molecule has 7 heteroatoms. The monoisotopic (exact) mass is 293 g/mol. The van der Waals surface area contributed by atoms with Gasteiger partial charge in [-0.3, -0.25) is 4.90 Å². The lowest BCUT2D eigenvalue weighted by atomic mass is 9.96. The predicted molar refractivity (Wildman–Crippen MR) is 70.3 cm³/mol. The Morgan fingerprint density at radius 2 is 2.11 bits per heavy atom. The second-order valence-corrected chi connectivity index (χ2v) is 5.87. The van der Waals surface area contributed by atoms with E-state index in [-0.39, 0.29) is 12.8 Å². The molecular weight excluding hydrogens is 275 g/mol. The van der Waals surface area contributed by atoms with E-state index in [4.69, 9.17) is 0 Å². The largest absolute Gasteiger partial charge is 0.391 e. The van der Waals surface area contributed by atoms with E-state index in [2.05, 4.69) is 15.2 Å². The van der Waals surface area contributed by atoms with E-state index >= 15 is 0 Å². The van der Waals surface area contributed by atoms with Gasteiger partial charge in [-0.25, -0.2) is 4.98 Å². The molecule has 0 aliphatic carbocycles. The SMILES string of the molecule is CCNc1ncc(CN2CCC(C(F)(F)F)CC2)s1. The average molecular weight is 293 g/mol. The molecule has 2 rings (SSSR count). The van der Waals surface area contributed by atoms with Gasteiger partial charge in [0.1, 0.15) is 0 Å². The first-order valence-corrected chi connectivity index (χ1v) is 7.28. The number of hydrogen-bond donors (Lipinski definition) is 1. The number of piperidine rings is 1. The zero-order chi connectivity index (χ0) is 13.9. The van der Waals surface area contributed by atoms with Crippen molar-refractivity contribution in [3.05, 3.63) is 11.1 Å². The van der Waals surface area contributed by atoms with Gasteiger partial charge in [0, 0.05) is 24.2 Å². The Balaban J connectivity index is 1.82. The van der Waals surface area contributed by atoms with Crippen molar-refractivity contribution in [1.82, 2.24) is 9.88 Å². The maximum Gasteiger partial charge on any atom is 0.391 e.